The van der Waals surface area contributed by atoms with Gasteiger partial charge in [0, 0.05) is 49.2 Å². The molecule has 0 radical (unpaired) electrons. The van der Waals surface area contributed by atoms with E-state index in [9.17, 15) is 0 Å². The van der Waals surface area contributed by atoms with Crippen molar-refractivity contribution in [3.05, 3.63) is 47.5 Å². The van der Waals surface area contributed by atoms with Crippen molar-refractivity contribution in [3.8, 4) is 11.1 Å². The van der Waals surface area contributed by atoms with Crippen molar-refractivity contribution >= 4 is 11.6 Å². The maximum Gasteiger partial charge on any atom is 0.142 e. The zero-order valence-electron chi connectivity index (χ0n) is 11.2. The van der Waals surface area contributed by atoms with E-state index < -0.39 is 0 Å². The standard InChI is InChI=1S/C15H17ClN4/c16-14-3-1-12(2-4-14)13-9-18-15(19-10-13)11-20-7-5-17-6-8-20/h1-4,9-10,17H,5-8,11H2. The minimum Gasteiger partial charge on any atom is -0.314 e. The summed E-state index contributed by atoms with van der Waals surface area (Å²) in [6, 6.07) is 7.73. The van der Waals surface area contributed by atoms with E-state index in [4.69, 9.17) is 11.6 Å². The predicted molar refractivity (Wildman–Crippen MR) is 80.6 cm³/mol. The maximum atomic E-state index is 5.89. The van der Waals surface area contributed by atoms with Crippen LogP contribution in [0.1, 0.15) is 5.82 Å². The van der Waals surface area contributed by atoms with Gasteiger partial charge >= 0.3 is 0 Å². The Bertz CT molecular complexity index is 547. The molecular formula is C15H17ClN4. The second-order valence-corrected chi connectivity index (χ2v) is 5.36. The Balaban J connectivity index is 1.69. The van der Waals surface area contributed by atoms with Crippen LogP contribution in [0, 0.1) is 0 Å². The lowest BCUT2D eigenvalue weighted by Gasteiger charge is -2.26. The van der Waals surface area contributed by atoms with E-state index in [1.54, 1.807) is 0 Å². The quantitative estimate of drug-likeness (QED) is 0.940. The Morgan fingerprint density at radius 1 is 1.00 bits per heavy atom. The molecule has 104 valence electrons. The summed E-state index contributed by atoms with van der Waals surface area (Å²) in [5.41, 5.74) is 2.11. The minimum atomic E-state index is 0.741. The van der Waals surface area contributed by atoms with Gasteiger partial charge in [0.25, 0.3) is 0 Å². The number of nitrogens with one attached hydrogen (secondary N) is 1. The lowest BCUT2D eigenvalue weighted by Crippen LogP contribution is -2.43. The van der Waals surface area contributed by atoms with Gasteiger partial charge in [-0.05, 0) is 17.7 Å². The molecule has 0 unspecified atom stereocenters. The van der Waals surface area contributed by atoms with Gasteiger partial charge in [-0.15, -0.1) is 0 Å². The van der Waals surface area contributed by atoms with Gasteiger partial charge in [0.1, 0.15) is 5.82 Å². The molecule has 0 atom stereocenters. The highest BCUT2D eigenvalue weighted by Gasteiger charge is 2.11. The third kappa shape index (κ3) is 3.33. The Morgan fingerprint density at radius 2 is 1.65 bits per heavy atom. The third-order valence-electron chi connectivity index (χ3n) is 3.46. The molecule has 2 aromatic rings. The van der Waals surface area contributed by atoms with Gasteiger partial charge in [0.2, 0.25) is 0 Å². The Kier molecular flexibility index (Phi) is 4.25. The zero-order chi connectivity index (χ0) is 13.8. The van der Waals surface area contributed by atoms with E-state index in [-0.39, 0.29) is 0 Å². The number of aromatic nitrogens is 2. The average molecular weight is 289 g/mol. The summed E-state index contributed by atoms with van der Waals surface area (Å²) in [5, 5.41) is 4.08. The Labute approximate surface area is 123 Å². The summed E-state index contributed by atoms with van der Waals surface area (Å²) in [6.07, 6.45) is 3.77. The van der Waals surface area contributed by atoms with Crippen molar-refractivity contribution in [2.24, 2.45) is 0 Å². The molecule has 4 nitrogen and oxygen atoms in total. The first-order valence-corrected chi connectivity index (χ1v) is 7.19. The van der Waals surface area contributed by atoms with Gasteiger partial charge in [-0.25, -0.2) is 9.97 Å². The van der Waals surface area contributed by atoms with Crippen molar-refractivity contribution in [2.45, 2.75) is 6.54 Å². The molecule has 3 rings (SSSR count). The summed E-state index contributed by atoms with van der Waals surface area (Å²) in [6.45, 7) is 5.03. The van der Waals surface area contributed by atoms with Gasteiger partial charge in [0.05, 0.1) is 6.54 Å². The summed E-state index contributed by atoms with van der Waals surface area (Å²) in [4.78, 5) is 11.3. The number of piperazine rings is 1. The highest BCUT2D eigenvalue weighted by atomic mass is 35.5. The van der Waals surface area contributed by atoms with Crippen LogP contribution < -0.4 is 5.32 Å². The largest absolute Gasteiger partial charge is 0.314 e. The van der Waals surface area contributed by atoms with E-state index in [1.807, 2.05) is 36.7 Å². The fourth-order valence-electron chi connectivity index (χ4n) is 2.30. The van der Waals surface area contributed by atoms with Crippen LogP contribution in [0.2, 0.25) is 5.02 Å². The zero-order valence-corrected chi connectivity index (χ0v) is 12.0. The number of halogens is 1. The molecule has 5 heteroatoms. The summed E-state index contributed by atoms with van der Waals surface area (Å²) < 4.78 is 0. The van der Waals surface area contributed by atoms with E-state index >= 15 is 0 Å². The van der Waals surface area contributed by atoms with Crippen molar-refractivity contribution in [3.63, 3.8) is 0 Å². The molecule has 0 saturated carbocycles. The van der Waals surface area contributed by atoms with Crippen LogP contribution in [-0.4, -0.2) is 41.0 Å². The van der Waals surface area contributed by atoms with Gasteiger partial charge in [-0.3, -0.25) is 4.90 Å². The molecule has 0 amide bonds. The van der Waals surface area contributed by atoms with Crippen LogP contribution in [0.3, 0.4) is 0 Å². The SMILES string of the molecule is Clc1ccc(-c2cnc(CN3CCNCC3)nc2)cc1. The molecule has 0 aliphatic carbocycles. The minimum absolute atomic E-state index is 0.741. The Hall–Kier alpha value is -1.49. The van der Waals surface area contributed by atoms with Crippen molar-refractivity contribution in [1.29, 1.82) is 0 Å². The molecule has 0 spiro atoms. The van der Waals surface area contributed by atoms with Crippen LogP contribution >= 0.6 is 11.6 Å². The smallest absolute Gasteiger partial charge is 0.142 e. The molecule has 2 heterocycles. The number of hydrogen-bond acceptors (Lipinski definition) is 4. The van der Waals surface area contributed by atoms with Gasteiger partial charge in [0.15, 0.2) is 0 Å². The number of nitrogens with zero attached hydrogens (tertiary/aromatic N) is 3. The van der Waals surface area contributed by atoms with Crippen molar-refractivity contribution in [1.82, 2.24) is 20.2 Å². The molecule has 20 heavy (non-hydrogen) atoms. The molecule has 1 aromatic carbocycles. The first kappa shape index (κ1) is 13.5. The van der Waals surface area contributed by atoms with Gasteiger partial charge in [-0.2, -0.15) is 0 Å². The van der Waals surface area contributed by atoms with Crippen molar-refractivity contribution in [2.75, 3.05) is 26.2 Å². The average Bonchev–Trinajstić information content (AvgIpc) is 2.50. The maximum absolute atomic E-state index is 5.89. The van der Waals surface area contributed by atoms with Crippen LogP contribution in [0.4, 0.5) is 0 Å². The molecule has 1 aromatic heterocycles. The van der Waals surface area contributed by atoms with E-state index in [1.165, 1.54) is 0 Å². The molecule has 1 aliphatic heterocycles. The summed E-state index contributed by atoms with van der Waals surface area (Å²) in [7, 11) is 0. The first-order chi connectivity index (χ1) is 9.81. The van der Waals surface area contributed by atoms with E-state index in [0.29, 0.717) is 0 Å². The van der Waals surface area contributed by atoms with Crippen LogP contribution in [0.25, 0.3) is 11.1 Å². The molecular weight excluding hydrogens is 272 g/mol. The Morgan fingerprint density at radius 3 is 2.30 bits per heavy atom. The van der Waals surface area contributed by atoms with E-state index in [0.717, 1.165) is 54.7 Å². The summed E-state index contributed by atoms with van der Waals surface area (Å²) >= 11 is 5.89. The lowest BCUT2D eigenvalue weighted by atomic mass is 10.1. The van der Waals surface area contributed by atoms with Gasteiger partial charge in [-0.1, -0.05) is 23.7 Å². The van der Waals surface area contributed by atoms with E-state index in [2.05, 4.69) is 20.2 Å². The van der Waals surface area contributed by atoms with Crippen molar-refractivity contribution < 1.29 is 0 Å². The second-order valence-electron chi connectivity index (χ2n) is 4.92. The third-order valence-corrected chi connectivity index (χ3v) is 3.71. The fraction of sp³-hybridized carbons (Fsp3) is 0.333. The molecule has 1 aliphatic rings. The summed E-state index contributed by atoms with van der Waals surface area (Å²) in [5.74, 6) is 0.879. The van der Waals surface area contributed by atoms with Gasteiger partial charge < -0.3 is 5.32 Å². The van der Waals surface area contributed by atoms with Crippen LogP contribution in [0.15, 0.2) is 36.7 Å². The number of rotatable bonds is 3. The number of hydrogen-bond donors (Lipinski definition) is 1. The number of benzene rings is 1. The topological polar surface area (TPSA) is 41.1 Å². The fourth-order valence-corrected chi connectivity index (χ4v) is 2.42. The second kappa shape index (κ2) is 6.31. The normalized spacial score (nSPS) is 16.2. The lowest BCUT2D eigenvalue weighted by molar-refractivity contribution is 0.228. The molecule has 1 saturated heterocycles. The monoisotopic (exact) mass is 288 g/mol. The highest BCUT2D eigenvalue weighted by molar-refractivity contribution is 6.30. The molecule has 1 fully saturated rings. The molecule has 0 bridgehead atoms. The van der Waals surface area contributed by atoms with Crippen LogP contribution in [0.5, 0.6) is 0 Å². The first-order valence-electron chi connectivity index (χ1n) is 6.81. The molecule has 1 N–H and O–H groups in total. The van der Waals surface area contributed by atoms with Crippen LogP contribution in [-0.2, 0) is 6.54 Å². The predicted octanol–water partition coefficient (Wildman–Crippen LogP) is 2.20. The highest BCUT2D eigenvalue weighted by Crippen LogP contribution is 2.20.